The minimum Gasteiger partial charge on any atom is -0.413 e. The second-order valence-corrected chi connectivity index (χ2v) is 8.65. The molecule has 1 aromatic rings. The number of hydrogen-bond acceptors (Lipinski definition) is 5. The van der Waals surface area contributed by atoms with Gasteiger partial charge in [0, 0.05) is 24.8 Å². The first-order valence-corrected chi connectivity index (χ1v) is 10.6. The number of rotatable bonds is 10. The highest BCUT2D eigenvalue weighted by molar-refractivity contribution is 7.51. The molecule has 0 spiro atoms. The zero-order valence-electron chi connectivity index (χ0n) is 14.4. The summed E-state index contributed by atoms with van der Waals surface area (Å²) in [5.74, 6) is 0.324. The number of para-hydroxylation sites is 1. The highest BCUT2D eigenvalue weighted by Gasteiger charge is 2.39. The van der Waals surface area contributed by atoms with E-state index in [4.69, 9.17) is 41.7 Å². The molecule has 0 N–H and O–H groups in total. The highest BCUT2D eigenvalue weighted by atomic mass is 35.5. The molecule has 0 aromatic heterocycles. The Labute approximate surface area is 158 Å². The summed E-state index contributed by atoms with van der Waals surface area (Å²) < 4.78 is 37.6. The van der Waals surface area contributed by atoms with Crippen LogP contribution in [-0.2, 0) is 18.6 Å². The molecule has 0 amide bonds. The molecule has 1 heterocycles. The maximum atomic E-state index is 13.4. The standard InChI is InChI=1S/C16H24Cl2NO5P/c1-16(2)21-12-15(23-16)13-22-25(20,19(10-8-17)11-9-18)24-14-6-4-3-5-7-14/h3-7,15H,8-13H2,1-2H3/t15-,25+/m0/s1. The van der Waals surface area contributed by atoms with Gasteiger partial charge < -0.3 is 14.0 Å². The summed E-state index contributed by atoms with van der Waals surface area (Å²) in [6.45, 7) is 4.73. The molecule has 2 atom stereocenters. The van der Waals surface area contributed by atoms with E-state index >= 15 is 0 Å². The van der Waals surface area contributed by atoms with Crippen LogP contribution >= 0.6 is 30.9 Å². The molecular formula is C16H24Cl2NO5P. The van der Waals surface area contributed by atoms with E-state index in [9.17, 15) is 4.57 Å². The lowest BCUT2D eigenvalue weighted by Crippen LogP contribution is -2.31. The Bertz CT molecular complexity index is 569. The van der Waals surface area contributed by atoms with Crippen LogP contribution in [0.2, 0.25) is 0 Å². The molecule has 0 unspecified atom stereocenters. The van der Waals surface area contributed by atoms with Gasteiger partial charge in [0.1, 0.15) is 11.9 Å². The van der Waals surface area contributed by atoms with Gasteiger partial charge in [-0.3, -0.25) is 4.52 Å². The van der Waals surface area contributed by atoms with Crippen LogP contribution in [0, 0.1) is 0 Å². The zero-order valence-corrected chi connectivity index (χ0v) is 16.8. The van der Waals surface area contributed by atoms with Crippen molar-refractivity contribution in [2.24, 2.45) is 0 Å². The van der Waals surface area contributed by atoms with Crippen LogP contribution in [0.3, 0.4) is 0 Å². The van der Waals surface area contributed by atoms with E-state index in [1.165, 1.54) is 0 Å². The van der Waals surface area contributed by atoms with Crippen molar-refractivity contribution in [3.8, 4) is 5.75 Å². The van der Waals surface area contributed by atoms with E-state index in [0.717, 1.165) is 0 Å². The topological polar surface area (TPSA) is 57.2 Å². The Morgan fingerprint density at radius 3 is 2.40 bits per heavy atom. The van der Waals surface area contributed by atoms with E-state index in [-0.39, 0.29) is 24.5 Å². The van der Waals surface area contributed by atoms with Gasteiger partial charge in [0.05, 0.1) is 13.2 Å². The Balaban J connectivity index is 2.11. The molecular weight excluding hydrogens is 388 g/mol. The minimum atomic E-state index is -3.65. The van der Waals surface area contributed by atoms with Crippen LogP contribution in [-0.4, -0.2) is 54.6 Å². The Morgan fingerprint density at radius 1 is 1.24 bits per heavy atom. The number of hydrogen-bond donors (Lipinski definition) is 0. The largest absolute Gasteiger partial charge is 0.461 e. The first-order chi connectivity index (χ1) is 11.9. The molecule has 142 valence electrons. The zero-order chi connectivity index (χ0) is 18.3. The molecule has 0 radical (unpaired) electrons. The van der Waals surface area contributed by atoms with Crippen molar-refractivity contribution in [2.75, 3.05) is 38.1 Å². The van der Waals surface area contributed by atoms with E-state index in [2.05, 4.69) is 0 Å². The van der Waals surface area contributed by atoms with Crippen LogP contribution in [0.1, 0.15) is 13.8 Å². The van der Waals surface area contributed by atoms with E-state index in [0.29, 0.717) is 25.4 Å². The smallest absolute Gasteiger partial charge is 0.413 e. The van der Waals surface area contributed by atoms with Crippen molar-refractivity contribution in [1.29, 1.82) is 0 Å². The first-order valence-electron chi connectivity index (χ1n) is 8.07. The van der Waals surface area contributed by atoms with Crippen LogP contribution < -0.4 is 4.52 Å². The fraction of sp³-hybridized carbons (Fsp3) is 0.625. The Hall–Kier alpha value is -0.330. The van der Waals surface area contributed by atoms with Crippen LogP contribution in [0.5, 0.6) is 5.75 Å². The summed E-state index contributed by atoms with van der Waals surface area (Å²) in [7, 11) is -3.65. The molecule has 1 fully saturated rings. The number of halogens is 2. The molecule has 0 aliphatic carbocycles. The lowest BCUT2D eigenvalue weighted by Gasteiger charge is -2.30. The van der Waals surface area contributed by atoms with Gasteiger partial charge in [-0.25, -0.2) is 4.57 Å². The van der Waals surface area contributed by atoms with Crippen LogP contribution in [0.25, 0.3) is 0 Å². The third-order valence-electron chi connectivity index (χ3n) is 3.49. The highest BCUT2D eigenvalue weighted by Crippen LogP contribution is 2.52. The number of nitrogens with zero attached hydrogens (tertiary/aromatic N) is 1. The van der Waals surface area contributed by atoms with E-state index in [1.807, 2.05) is 19.9 Å². The monoisotopic (exact) mass is 411 g/mol. The second-order valence-electron chi connectivity index (χ2n) is 5.95. The maximum absolute atomic E-state index is 13.4. The third kappa shape index (κ3) is 6.40. The number of ether oxygens (including phenoxy) is 2. The summed E-state index contributed by atoms with van der Waals surface area (Å²) in [4.78, 5) is 0. The summed E-state index contributed by atoms with van der Waals surface area (Å²) in [5, 5.41) is 0. The molecule has 1 aliphatic heterocycles. The maximum Gasteiger partial charge on any atom is 0.461 e. The Kier molecular flexibility index (Phi) is 8.02. The van der Waals surface area contributed by atoms with Crippen molar-refractivity contribution < 1.29 is 23.1 Å². The third-order valence-corrected chi connectivity index (χ3v) is 5.83. The van der Waals surface area contributed by atoms with Crippen molar-refractivity contribution >= 4 is 30.9 Å². The van der Waals surface area contributed by atoms with Crippen molar-refractivity contribution in [2.45, 2.75) is 25.7 Å². The van der Waals surface area contributed by atoms with Crippen molar-refractivity contribution in [1.82, 2.24) is 4.67 Å². The molecule has 9 heteroatoms. The number of alkyl halides is 2. The lowest BCUT2D eigenvalue weighted by molar-refractivity contribution is -0.141. The summed E-state index contributed by atoms with van der Waals surface area (Å²) >= 11 is 11.7. The van der Waals surface area contributed by atoms with Gasteiger partial charge in [-0.05, 0) is 26.0 Å². The normalized spacial score (nSPS) is 22.0. The molecule has 2 rings (SSSR count). The average molecular weight is 412 g/mol. The fourth-order valence-corrected chi connectivity index (χ4v) is 4.76. The van der Waals surface area contributed by atoms with Crippen LogP contribution in [0.4, 0.5) is 0 Å². The quantitative estimate of drug-likeness (QED) is 0.426. The molecule has 25 heavy (non-hydrogen) atoms. The van der Waals surface area contributed by atoms with Gasteiger partial charge in [0.15, 0.2) is 5.79 Å². The van der Waals surface area contributed by atoms with Crippen molar-refractivity contribution in [3.63, 3.8) is 0 Å². The van der Waals surface area contributed by atoms with E-state index < -0.39 is 13.5 Å². The average Bonchev–Trinajstić information content (AvgIpc) is 2.93. The van der Waals surface area contributed by atoms with Crippen molar-refractivity contribution in [3.05, 3.63) is 30.3 Å². The molecule has 6 nitrogen and oxygen atoms in total. The summed E-state index contributed by atoms with van der Waals surface area (Å²) in [6.07, 6.45) is -0.323. The second kappa shape index (κ2) is 9.56. The lowest BCUT2D eigenvalue weighted by atomic mass is 10.3. The predicted molar refractivity (Wildman–Crippen MR) is 98.5 cm³/mol. The predicted octanol–water partition coefficient (Wildman–Crippen LogP) is 4.12. The summed E-state index contributed by atoms with van der Waals surface area (Å²) in [5.41, 5.74) is 0. The Morgan fingerprint density at radius 2 is 1.88 bits per heavy atom. The van der Waals surface area contributed by atoms with Gasteiger partial charge in [-0.2, -0.15) is 4.67 Å². The van der Waals surface area contributed by atoms with Crippen LogP contribution in [0.15, 0.2) is 30.3 Å². The van der Waals surface area contributed by atoms with Gasteiger partial charge in [-0.1, -0.05) is 18.2 Å². The SMILES string of the molecule is CC1(C)OC[C@@H](CO[P@@](=O)(Oc2ccccc2)N(CCCl)CCCl)O1. The molecule has 1 aromatic carbocycles. The minimum absolute atomic E-state index is 0.0780. The number of benzene rings is 1. The molecule has 1 aliphatic rings. The molecule has 0 bridgehead atoms. The van der Waals surface area contributed by atoms with E-state index in [1.54, 1.807) is 28.9 Å². The van der Waals surface area contributed by atoms with Gasteiger partial charge in [0.2, 0.25) is 0 Å². The summed E-state index contributed by atoms with van der Waals surface area (Å²) in [6, 6.07) is 8.87. The van der Waals surface area contributed by atoms with Gasteiger partial charge in [-0.15, -0.1) is 23.2 Å². The van der Waals surface area contributed by atoms with Gasteiger partial charge >= 0.3 is 7.75 Å². The fourth-order valence-electron chi connectivity index (χ4n) is 2.35. The van der Waals surface area contributed by atoms with Gasteiger partial charge in [0.25, 0.3) is 0 Å². The molecule has 0 saturated carbocycles. The molecule has 1 saturated heterocycles. The first kappa shape index (κ1) is 21.0.